The number of unbranched alkanes of at least 4 members (excludes halogenated alkanes) is 4. The summed E-state index contributed by atoms with van der Waals surface area (Å²) in [5.74, 6) is -0.176. The average molecular weight is 433 g/mol. The Bertz CT molecular complexity index is 1040. The molecule has 0 aliphatic carbocycles. The third kappa shape index (κ3) is 6.68. The molecule has 0 atom stereocenters. The Kier molecular flexibility index (Phi) is 8.85. The SMILES string of the molecule is CCCCCOC(=O)c1ccc2cc(C(=O)Oc3ccc(CCCCC)cc3)ccc2c1. The molecule has 0 N–H and O–H groups in total. The quantitative estimate of drug-likeness (QED) is 0.184. The molecular weight excluding hydrogens is 400 g/mol. The van der Waals surface area contributed by atoms with Crippen molar-refractivity contribution >= 4 is 22.7 Å². The number of hydrogen-bond donors (Lipinski definition) is 0. The number of esters is 2. The van der Waals surface area contributed by atoms with E-state index in [2.05, 4.69) is 13.8 Å². The number of fused-ring (bicyclic) bond motifs is 1. The number of benzene rings is 3. The van der Waals surface area contributed by atoms with Gasteiger partial charge >= 0.3 is 11.9 Å². The highest BCUT2D eigenvalue weighted by atomic mass is 16.5. The van der Waals surface area contributed by atoms with Crippen molar-refractivity contribution in [2.24, 2.45) is 0 Å². The predicted octanol–water partition coefficient (Wildman–Crippen LogP) is 7.14. The van der Waals surface area contributed by atoms with Gasteiger partial charge in [-0.15, -0.1) is 0 Å². The maximum absolute atomic E-state index is 12.6. The van der Waals surface area contributed by atoms with E-state index in [-0.39, 0.29) is 5.97 Å². The van der Waals surface area contributed by atoms with E-state index >= 15 is 0 Å². The van der Waals surface area contributed by atoms with Gasteiger partial charge in [0, 0.05) is 0 Å². The van der Waals surface area contributed by atoms with Gasteiger partial charge in [-0.25, -0.2) is 9.59 Å². The van der Waals surface area contributed by atoms with E-state index in [1.54, 1.807) is 24.3 Å². The summed E-state index contributed by atoms with van der Waals surface area (Å²) in [6.07, 6.45) is 7.65. The lowest BCUT2D eigenvalue weighted by atomic mass is 10.0. The summed E-state index contributed by atoms with van der Waals surface area (Å²) in [6, 6.07) is 18.4. The Morgan fingerprint density at radius 3 is 1.91 bits per heavy atom. The minimum absolute atomic E-state index is 0.315. The van der Waals surface area contributed by atoms with Gasteiger partial charge in [0.1, 0.15) is 5.75 Å². The molecular formula is C28H32O4. The monoisotopic (exact) mass is 432 g/mol. The van der Waals surface area contributed by atoms with Gasteiger partial charge in [-0.1, -0.05) is 63.8 Å². The van der Waals surface area contributed by atoms with E-state index in [0.717, 1.165) is 36.5 Å². The Hall–Kier alpha value is -3.14. The van der Waals surface area contributed by atoms with Crippen LogP contribution in [0.2, 0.25) is 0 Å². The zero-order valence-electron chi connectivity index (χ0n) is 19.1. The van der Waals surface area contributed by atoms with E-state index in [1.165, 1.54) is 24.8 Å². The van der Waals surface area contributed by atoms with E-state index in [9.17, 15) is 9.59 Å². The van der Waals surface area contributed by atoms with Crippen LogP contribution in [0.3, 0.4) is 0 Å². The summed E-state index contributed by atoms with van der Waals surface area (Å²) in [5, 5.41) is 1.74. The molecule has 0 saturated carbocycles. The second-order valence-electron chi connectivity index (χ2n) is 8.11. The molecule has 0 bridgehead atoms. The lowest BCUT2D eigenvalue weighted by molar-refractivity contribution is 0.0498. The molecule has 0 unspecified atom stereocenters. The molecule has 3 aromatic rings. The predicted molar refractivity (Wildman–Crippen MR) is 128 cm³/mol. The van der Waals surface area contributed by atoms with E-state index in [1.807, 2.05) is 36.4 Å². The highest BCUT2D eigenvalue weighted by Gasteiger charge is 2.12. The van der Waals surface area contributed by atoms with Crippen LogP contribution in [-0.4, -0.2) is 18.5 Å². The molecule has 3 aromatic carbocycles. The Balaban J connectivity index is 1.62. The molecule has 3 rings (SSSR count). The van der Waals surface area contributed by atoms with Gasteiger partial charge in [0.15, 0.2) is 0 Å². The molecule has 4 nitrogen and oxygen atoms in total. The molecule has 0 spiro atoms. The first-order valence-corrected chi connectivity index (χ1v) is 11.6. The molecule has 0 heterocycles. The van der Waals surface area contributed by atoms with Crippen LogP contribution < -0.4 is 4.74 Å². The largest absolute Gasteiger partial charge is 0.462 e. The fourth-order valence-electron chi connectivity index (χ4n) is 3.57. The number of rotatable bonds is 11. The first-order chi connectivity index (χ1) is 15.6. The van der Waals surface area contributed by atoms with Crippen molar-refractivity contribution < 1.29 is 19.1 Å². The molecule has 0 aliphatic rings. The molecule has 4 heteroatoms. The number of hydrogen-bond acceptors (Lipinski definition) is 4. The lowest BCUT2D eigenvalue weighted by Crippen LogP contribution is -2.08. The summed E-state index contributed by atoms with van der Waals surface area (Å²) < 4.78 is 10.9. The van der Waals surface area contributed by atoms with Crippen molar-refractivity contribution in [1.29, 1.82) is 0 Å². The van der Waals surface area contributed by atoms with Crippen LogP contribution in [0.5, 0.6) is 5.75 Å². The third-order valence-electron chi connectivity index (χ3n) is 5.50. The summed E-state index contributed by atoms with van der Waals surface area (Å²) in [7, 11) is 0. The van der Waals surface area contributed by atoms with Crippen LogP contribution in [0, 0.1) is 0 Å². The minimum atomic E-state index is -0.398. The maximum atomic E-state index is 12.6. The van der Waals surface area contributed by atoms with Crippen LogP contribution in [0.1, 0.15) is 78.7 Å². The van der Waals surface area contributed by atoms with Crippen molar-refractivity contribution in [3.05, 3.63) is 77.4 Å². The summed E-state index contributed by atoms with van der Waals surface area (Å²) in [6.45, 7) is 4.74. The standard InChI is InChI=1S/C28H32O4/c1-3-5-7-9-21-10-16-26(17-11-21)32-28(30)25-15-13-22-19-24(14-12-23(22)20-25)27(29)31-18-8-6-4-2/h10-17,19-20H,3-9,18H2,1-2H3. The van der Waals surface area contributed by atoms with Crippen LogP contribution in [0.4, 0.5) is 0 Å². The Morgan fingerprint density at radius 1 is 0.688 bits per heavy atom. The van der Waals surface area contributed by atoms with Gasteiger partial charge in [0.2, 0.25) is 0 Å². The van der Waals surface area contributed by atoms with Crippen molar-refractivity contribution in [1.82, 2.24) is 0 Å². The summed E-state index contributed by atoms with van der Waals surface area (Å²) in [4.78, 5) is 24.8. The van der Waals surface area contributed by atoms with Gasteiger partial charge in [0.25, 0.3) is 0 Å². The zero-order valence-corrected chi connectivity index (χ0v) is 19.1. The van der Waals surface area contributed by atoms with E-state index in [0.29, 0.717) is 23.5 Å². The van der Waals surface area contributed by atoms with Gasteiger partial charge in [-0.2, -0.15) is 0 Å². The van der Waals surface area contributed by atoms with Crippen LogP contribution in [-0.2, 0) is 11.2 Å². The Morgan fingerprint density at radius 2 is 1.28 bits per heavy atom. The number of carbonyl (C=O) groups excluding carboxylic acids is 2. The zero-order chi connectivity index (χ0) is 22.8. The third-order valence-corrected chi connectivity index (χ3v) is 5.50. The number of aryl methyl sites for hydroxylation is 1. The van der Waals surface area contributed by atoms with Crippen LogP contribution in [0.25, 0.3) is 10.8 Å². The fourth-order valence-corrected chi connectivity index (χ4v) is 3.57. The van der Waals surface area contributed by atoms with Gasteiger partial charge in [0.05, 0.1) is 17.7 Å². The molecule has 0 saturated heterocycles. The highest BCUT2D eigenvalue weighted by molar-refractivity contribution is 5.99. The molecule has 0 aromatic heterocycles. The molecule has 0 amide bonds. The fraction of sp³-hybridized carbons (Fsp3) is 0.357. The minimum Gasteiger partial charge on any atom is -0.462 e. The molecule has 0 aliphatic heterocycles. The van der Waals surface area contributed by atoms with Crippen molar-refractivity contribution in [2.45, 2.75) is 58.8 Å². The van der Waals surface area contributed by atoms with E-state index in [4.69, 9.17) is 9.47 Å². The van der Waals surface area contributed by atoms with E-state index < -0.39 is 5.97 Å². The first kappa shape index (κ1) is 23.5. The van der Waals surface area contributed by atoms with Crippen molar-refractivity contribution in [2.75, 3.05) is 6.61 Å². The normalized spacial score (nSPS) is 10.8. The second kappa shape index (κ2) is 12.0. The molecule has 0 radical (unpaired) electrons. The highest BCUT2D eigenvalue weighted by Crippen LogP contribution is 2.21. The topological polar surface area (TPSA) is 52.6 Å². The average Bonchev–Trinajstić information content (AvgIpc) is 2.82. The van der Waals surface area contributed by atoms with Crippen molar-refractivity contribution in [3.8, 4) is 5.75 Å². The molecule has 32 heavy (non-hydrogen) atoms. The summed E-state index contributed by atoms with van der Waals surface area (Å²) >= 11 is 0. The van der Waals surface area contributed by atoms with Gasteiger partial charge in [-0.05, 0) is 72.0 Å². The van der Waals surface area contributed by atoms with Crippen molar-refractivity contribution in [3.63, 3.8) is 0 Å². The van der Waals surface area contributed by atoms with Crippen LogP contribution >= 0.6 is 0 Å². The van der Waals surface area contributed by atoms with Gasteiger partial charge in [-0.3, -0.25) is 0 Å². The van der Waals surface area contributed by atoms with Crippen LogP contribution in [0.15, 0.2) is 60.7 Å². The number of ether oxygens (including phenoxy) is 2. The molecule has 168 valence electrons. The Labute approximate surface area is 190 Å². The van der Waals surface area contributed by atoms with Gasteiger partial charge < -0.3 is 9.47 Å². The maximum Gasteiger partial charge on any atom is 0.343 e. The number of carbonyl (C=O) groups is 2. The summed E-state index contributed by atoms with van der Waals surface area (Å²) in [5.41, 5.74) is 2.24. The molecule has 0 fully saturated rings. The second-order valence-corrected chi connectivity index (χ2v) is 8.11. The first-order valence-electron chi connectivity index (χ1n) is 11.6. The smallest absolute Gasteiger partial charge is 0.343 e. The lowest BCUT2D eigenvalue weighted by Gasteiger charge is -2.08.